The fourth-order valence-corrected chi connectivity index (χ4v) is 3.01. The molecule has 1 aromatic rings. The fraction of sp³-hybridized carbons (Fsp3) is 0.625. The average molecular weight is 276 g/mol. The number of hydrogen-bond acceptors (Lipinski definition) is 3. The first-order chi connectivity index (χ1) is 9.47. The molecule has 110 valence electrons. The molecule has 0 aromatic carbocycles. The molecule has 1 aliphatic carbocycles. The molecule has 1 fully saturated rings. The first-order valence-electron chi connectivity index (χ1n) is 7.42. The van der Waals surface area contributed by atoms with Crippen LogP contribution in [0.5, 0.6) is 0 Å². The summed E-state index contributed by atoms with van der Waals surface area (Å²) in [6, 6.07) is 1.82. The van der Waals surface area contributed by atoms with E-state index in [1.54, 1.807) is 0 Å². The smallest absolute Gasteiger partial charge is 0.339 e. The summed E-state index contributed by atoms with van der Waals surface area (Å²) in [6.45, 7) is 6.85. The molecule has 0 saturated heterocycles. The lowest BCUT2D eigenvalue weighted by molar-refractivity contribution is 0.0696. The standard InChI is InChI=1S/C16H24N2O2/c1-10-4-6-13(7-5-10)9-17-15-14(16(19)20)11(2)8-12(3)18-15/h8,10,13H,4-7,9H2,1-3H3,(H,17,18)(H,19,20). The van der Waals surface area contributed by atoms with Gasteiger partial charge in [-0.3, -0.25) is 0 Å². The maximum Gasteiger partial charge on any atom is 0.339 e. The fourth-order valence-electron chi connectivity index (χ4n) is 3.01. The van der Waals surface area contributed by atoms with Crippen LogP contribution in [0.1, 0.15) is 54.2 Å². The highest BCUT2D eigenvalue weighted by Crippen LogP contribution is 2.29. The summed E-state index contributed by atoms with van der Waals surface area (Å²) in [5.74, 6) is 1.08. The molecule has 0 aliphatic heterocycles. The van der Waals surface area contributed by atoms with Crippen LogP contribution >= 0.6 is 0 Å². The van der Waals surface area contributed by atoms with Gasteiger partial charge in [0.2, 0.25) is 0 Å². The van der Waals surface area contributed by atoms with Crippen molar-refractivity contribution in [2.24, 2.45) is 11.8 Å². The van der Waals surface area contributed by atoms with Crippen molar-refractivity contribution in [3.05, 3.63) is 22.9 Å². The van der Waals surface area contributed by atoms with E-state index in [0.717, 1.165) is 23.7 Å². The number of nitrogens with one attached hydrogen (secondary N) is 1. The lowest BCUT2D eigenvalue weighted by atomic mass is 9.83. The van der Waals surface area contributed by atoms with Gasteiger partial charge in [-0.15, -0.1) is 0 Å². The van der Waals surface area contributed by atoms with E-state index in [1.165, 1.54) is 25.7 Å². The number of pyridine rings is 1. The lowest BCUT2D eigenvalue weighted by Gasteiger charge is -2.26. The number of anilines is 1. The first-order valence-corrected chi connectivity index (χ1v) is 7.42. The maximum atomic E-state index is 11.4. The molecule has 1 saturated carbocycles. The second-order valence-electron chi connectivity index (χ2n) is 6.12. The predicted octanol–water partition coefficient (Wildman–Crippen LogP) is 3.63. The Hall–Kier alpha value is -1.58. The molecule has 0 spiro atoms. The molecule has 0 atom stereocenters. The second kappa shape index (κ2) is 6.25. The van der Waals surface area contributed by atoms with Gasteiger partial charge >= 0.3 is 5.97 Å². The maximum absolute atomic E-state index is 11.4. The molecule has 0 amide bonds. The van der Waals surface area contributed by atoms with Crippen LogP contribution in [0.4, 0.5) is 5.82 Å². The van der Waals surface area contributed by atoms with E-state index in [4.69, 9.17) is 0 Å². The van der Waals surface area contributed by atoms with Crippen LogP contribution in [0.25, 0.3) is 0 Å². The van der Waals surface area contributed by atoms with E-state index in [0.29, 0.717) is 17.3 Å². The Labute approximate surface area is 120 Å². The third kappa shape index (κ3) is 3.50. The van der Waals surface area contributed by atoms with Crippen LogP contribution in [0.2, 0.25) is 0 Å². The third-order valence-corrected chi connectivity index (χ3v) is 4.25. The molecule has 1 heterocycles. The van der Waals surface area contributed by atoms with Crippen molar-refractivity contribution in [2.45, 2.75) is 46.5 Å². The van der Waals surface area contributed by atoms with Crippen molar-refractivity contribution < 1.29 is 9.90 Å². The van der Waals surface area contributed by atoms with Gasteiger partial charge in [-0.25, -0.2) is 9.78 Å². The number of carboxylic acid groups (broad SMARTS) is 1. The second-order valence-corrected chi connectivity index (χ2v) is 6.12. The summed E-state index contributed by atoms with van der Waals surface area (Å²) in [5.41, 5.74) is 1.93. The number of aromatic carboxylic acids is 1. The predicted molar refractivity (Wildman–Crippen MR) is 80.3 cm³/mol. The van der Waals surface area contributed by atoms with Crippen LogP contribution in [0.3, 0.4) is 0 Å². The number of nitrogens with zero attached hydrogens (tertiary/aromatic N) is 1. The van der Waals surface area contributed by atoms with Gasteiger partial charge in [0.05, 0.1) is 0 Å². The van der Waals surface area contributed by atoms with E-state index < -0.39 is 5.97 Å². The monoisotopic (exact) mass is 276 g/mol. The molecule has 0 bridgehead atoms. The number of carboxylic acids is 1. The minimum Gasteiger partial charge on any atom is -0.478 e. The van der Waals surface area contributed by atoms with Crippen LogP contribution < -0.4 is 5.32 Å². The molecule has 1 aliphatic rings. The minimum absolute atomic E-state index is 0.305. The molecular formula is C16H24N2O2. The van der Waals surface area contributed by atoms with Crippen molar-refractivity contribution in [1.82, 2.24) is 4.98 Å². The molecule has 4 heteroatoms. The van der Waals surface area contributed by atoms with E-state index in [1.807, 2.05) is 19.9 Å². The van der Waals surface area contributed by atoms with Gasteiger partial charge < -0.3 is 10.4 Å². The average Bonchev–Trinajstić information content (AvgIpc) is 2.36. The number of rotatable bonds is 4. The number of aryl methyl sites for hydroxylation is 2. The summed E-state index contributed by atoms with van der Waals surface area (Å²) in [7, 11) is 0. The van der Waals surface area contributed by atoms with E-state index >= 15 is 0 Å². The number of carbonyl (C=O) groups is 1. The van der Waals surface area contributed by atoms with Crippen molar-refractivity contribution >= 4 is 11.8 Å². The zero-order valence-corrected chi connectivity index (χ0v) is 12.6. The molecule has 1 aromatic heterocycles. The molecule has 20 heavy (non-hydrogen) atoms. The normalized spacial score (nSPS) is 22.6. The van der Waals surface area contributed by atoms with Crippen molar-refractivity contribution in [3.8, 4) is 0 Å². The Morgan fingerprint density at radius 2 is 2.00 bits per heavy atom. The Morgan fingerprint density at radius 1 is 1.35 bits per heavy atom. The summed E-state index contributed by atoms with van der Waals surface area (Å²) in [4.78, 5) is 15.7. The van der Waals surface area contributed by atoms with Crippen LogP contribution in [-0.2, 0) is 0 Å². The summed E-state index contributed by atoms with van der Waals surface area (Å²) in [5, 5.41) is 12.6. The summed E-state index contributed by atoms with van der Waals surface area (Å²) < 4.78 is 0. The quantitative estimate of drug-likeness (QED) is 0.881. The van der Waals surface area contributed by atoms with Gasteiger partial charge in [0.1, 0.15) is 11.4 Å². The van der Waals surface area contributed by atoms with Crippen LogP contribution in [0, 0.1) is 25.7 Å². The van der Waals surface area contributed by atoms with Crippen LogP contribution in [-0.4, -0.2) is 22.6 Å². The Kier molecular flexibility index (Phi) is 4.63. The number of aromatic nitrogens is 1. The lowest BCUT2D eigenvalue weighted by Crippen LogP contribution is -2.22. The van der Waals surface area contributed by atoms with E-state index in [-0.39, 0.29) is 0 Å². The summed E-state index contributed by atoms with van der Waals surface area (Å²) >= 11 is 0. The van der Waals surface area contributed by atoms with Gasteiger partial charge in [-0.05, 0) is 50.2 Å². The highest BCUT2D eigenvalue weighted by molar-refractivity contribution is 5.94. The van der Waals surface area contributed by atoms with Gasteiger partial charge in [0.25, 0.3) is 0 Å². The number of hydrogen-bond donors (Lipinski definition) is 2. The third-order valence-electron chi connectivity index (χ3n) is 4.25. The first kappa shape index (κ1) is 14.8. The molecule has 0 radical (unpaired) electrons. The largest absolute Gasteiger partial charge is 0.478 e. The molecular weight excluding hydrogens is 252 g/mol. The van der Waals surface area contributed by atoms with Crippen molar-refractivity contribution in [2.75, 3.05) is 11.9 Å². The zero-order chi connectivity index (χ0) is 14.7. The molecule has 4 nitrogen and oxygen atoms in total. The van der Waals surface area contributed by atoms with Gasteiger partial charge in [-0.1, -0.05) is 19.8 Å². The highest BCUT2D eigenvalue weighted by Gasteiger charge is 2.20. The minimum atomic E-state index is -0.908. The van der Waals surface area contributed by atoms with Crippen molar-refractivity contribution in [3.63, 3.8) is 0 Å². The Balaban J connectivity index is 2.07. The van der Waals surface area contributed by atoms with Crippen molar-refractivity contribution in [1.29, 1.82) is 0 Å². The topological polar surface area (TPSA) is 62.2 Å². The Bertz CT molecular complexity index is 491. The van der Waals surface area contributed by atoms with E-state index in [9.17, 15) is 9.90 Å². The van der Waals surface area contributed by atoms with Gasteiger partial charge in [0.15, 0.2) is 0 Å². The van der Waals surface area contributed by atoms with Crippen LogP contribution in [0.15, 0.2) is 6.07 Å². The summed E-state index contributed by atoms with van der Waals surface area (Å²) in [6.07, 6.45) is 5.00. The SMILES string of the molecule is Cc1cc(C)c(C(=O)O)c(NCC2CCC(C)CC2)n1. The van der Waals surface area contributed by atoms with Gasteiger partial charge in [0, 0.05) is 12.2 Å². The molecule has 0 unspecified atom stereocenters. The Morgan fingerprint density at radius 3 is 2.60 bits per heavy atom. The molecule has 2 rings (SSSR count). The zero-order valence-electron chi connectivity index (χ0n) is 12.6. The van der Waals surface area contributed by atoms with Gasteiger partial charge in [-0.2, -0.15) is 0 Å². The highest BCUT2D eigenvalue weighted by atomic mass is 16.4. The molecule has 2 N–H and O–H groups in total. The van der Waals surface area contributed by atoms with E-state index in [2.05, 4.69) is 17.2 Å².